The molecule has 0 fully saturated rings. The van der Waals surface area contributed by atoms with Crippen LogP contribution in [0.25, 0.3) is 0 Å². The fourth-order valence-electron chi connectivity index (χ4n) is 1.55. The molecule has 0 saturated carbocycles. The van der Waals surface area contributed by atoms with Crippen molar-refractivity contribution in [2.75, 3.05) is 13.2 Å². The van der Waals surface area contributed by atoms with Crippen LogP contribution in [0, 0.1) is 0 Å². The normalized spacial score (nSPS) is 13.8. The molecule has 1 heterocycles. The molecule has 2 nitrogen and oxygen atoms in total. The summed E-state index contributed by atoms with van der Waals surface area (Å²) in [6.07, 6.45) is 0.899. The van der Waals surface area contributed by atoms with Crippen molar-refractivity contribution in [2.24, 2.45) is 0 Å². The molecular formula is C12H14O2. The van der Waals surface area contributed by atoms with Crippen LogP contribution < -0.4 is 9.47 Å². The second kappa shape index (κ2) is 3.74. The molecule has 0 atom stereocenters. The lowest BCUT2D eigenvalue weighted by atomic mass is 10.1. The molecule has 2 rings (SSSR count). The van der Waals surface area contributed by atoms with E-state index in [4.69, 9.17) is 9.47 Å². The van der Waals surface area contributed by atoms with Gasteiger partial charge in [0, 0.05) is 0 Å². The largest absolute Gasteiger partial charge is 0.486 e. The molecule has 0 bridgehead atoms. The Hall–Kier alpha value is -1.44. The second-order valence-corrected chi connectivity index (χ2v) is 3.61. The zero-order valence-electron chi connectivity index (χ0n) is 8.38. The first-order chi connectivity index (χ1) is 6.75. The molecule has 0 N–H and O–H groups in total. The summed E-state index contributed by atoms with van der Waals surface area (Å²) in [7, 11) is 0. The van der Waals surface area contributed by atoms with Crippen LogP contribution in [0.1, 0.15) is 12.5 Å². The van der Waals surface area contributed by atoms with Crippen molar-refractivity contribution in [1.82, 2.24) is 0 Å². The van der Waals surface area contributed by atoms with Gasteiger partial charge in [0.1, 0.15) is 13.2 Å². The number of rotatable bonds is 2. The minimum atomic E-state index is 0.642. The number of benzene rings is 1. The van der Waals surface area contributed by atoms with Gasteiger partial charge in [0.15, 0.2) is 11.5 Å². The Bertz CT molecular complexity index is 355. The highest BCUT2D eigenvalue weighted by Gasteiger charge is 2.11. The molecule has 0 amide bonds. The van der Waals surface area contributed by atoms with Gasteiger partial charge in [0.25, 0.3) is 0 Å². The number of allylic oxidation sites excluding steroid dienone is 1. The summed E-state index contributed by atoms with van der Waals surface area (Å²) < 4.78 is 10.9. The number of hydrogen-bond acceptors (Lipinski definition) is 2. The monoisotopic (exact) mass is 190 g/mol. The standard InChI is InChI=1S/C12H14O2/c1-9(2)7-10-3-4-11-12(8-10)14-6-5-13-11/h3-4,8H,1,5-7H2,2H3. The van der Waals surface area contributed by atoms with Crippen LogP contribution in [0.4, 0.5) is 0 Å². The maximum Gasteiger partial charge on any atom is 0.161 e. The van der Waals surface area contributed by atoms with Gasteiger partial charge >= 0.3 is 0 Å². The highest BCUT2D eigenvalue weighted by atomic mass is 16.6. The number of hydrogen-bond donors (Lipinski definition) is 0. The Balaban J connectivity index is 2.24. The summed E-state index contributed by atoms with van der Waals surface area (Å²) in [5.41, 5.74) is 2.38. The SMILES string of the molecule is C=C(C)Cc1ccc2c(c1)OCCO2. The topological polar surface area (TPSA) is 18.5 Å². The Morgan fingerprint density at radius 2 is 2.00 bits per heavy atom. The van der Waals surface area contributed by atoms with E-state index in [-0.39, 0.29) is 0 Å². The van der Waals surface area contributed by atoms with Gasteiger partial charge < -0.3 is 9.47 Å². The van der Waals surface area contributed by atoms with E-state index in [0.29, 0.717) is 13.2 Å². The summed E-state index contributed by atoms with van der Waals surface area (Å²) in [5, 5.41) is 0. The number of fused-ring (bicyclic) bond motifs is 1. The maximum atomic E-state index is 5.49. The molecule has 0 aromatic heterocycles. The van der Waals surface area contributed by atoms with E-state index >= 15 is 0 Å². The molecule has 1 aliphatic rings. The Morgan fingerprint density at radius 3 is 2.71 bits per heavy atom. The van der Waals surface area contributed by atoms with Crippen molar-refractivity contribution in [3.8, 4) is 11.5 Å². The van der Waals surface area contributed by atoms with Crippen molar-refractivity contribution < 1.29 is 9.47 Å². The quantitative estimate of drug-likeness (QED) is 0.667. The van der Waals surface area contributed by atoms with E-state index in [2.05, 4.69) is 12.6 Å². The highest BCUT2D eigenvalue weighted by Crippen LogP contribution is 2.31. The van der Waals surface area contributed by atoms with Crippen molar-refractivity contribution in [2.45, 2.75) is 13.3 Å². The van der Waals surface area contributed by atoms with E-state index in [1.165, 1.54) is 5.56 Å². The van der Waals surface area contributed by atoms with Crippen LogP contribution in [0.3, 0.4) is 0 Å². The average molecular weight is 190 g/mol. The highest BCUT2D eigenvalue weighted by molar-refractivity contribution is 5.44. The third kappa shape index (κ3) is 1.90. The van der Waals surface area contributed by atoms with Crippen LogP contribution in [0.2, 0.25) is 0 Å². The third-order valence-corrected chi connectivity index (χ3v) is 2.11. The van der Waals surface area contributed by atoms with E-state index in [9.17, 15) is 0 Å². The Labute approximate surface area is 84.2 Å². The zero-order valence-corrected chi connectivity index (χ0v) is 8.38. The van der Waals surface area contributed by atoms with Gasteiger partial charge in [-0.15, -0.1) is 0 Å². The summed E-state index contributed by atoms with van der Waals surface area (Å²) >= 11 is 0. The molecule has 2 heteroatoms. The molecule has 0 aliphatic carbocycles. The molecule has 1 aromatic carbocycles. The van der Waals surface area contributed by atoms with Crippen LogP contribution in [-0.2, 0) is 6.42 Å². The summed E-state index contributed by atoms with van der Waals surface area (Å²) in [6.45, 7) is 7.20. The van der Waals surface area contributed by atoms with Crippen LogP contribution >= 0.6 is 0 Å². The fraction of sp³-hybridized carbons (Fsp3) is 0.333. The number of ether oxygens (including phenoxy) is 2. The summed E-state index contributed by atoms with van der Waals surface area (Å²) in [5.74, 6) is 1.71. The minimum absolute atomic E-state index is 0.642. The first kappa shape index (κ1) is 9.13. The predicted octanol–water partition coefficient (Wildman–Crippen LogP) is 2.58. The lowest BCUT2D eigenvalue weighted by molar-refractivity contribution is 0.171. The average Bonchev–Trinajstić information content (AvgIpc) is 2.17. The molecule has 0 saturated heterocycles. The molecule has 1 aromatic rings. The van der Waals surface area contributed by atoms with E-state index in [0.717, 1.165) is 23.5 Å². The lowest BCUT2D eigenvalue weighted by Crippen LogP contribution is -2.15. The van der Waals surface area contributed by atoms with Crippen LogP contribution in [0.15, 0.2) is 30.4 Å². The van der Waals surface area contributed by atoms with Gasteiger partial charge in [-0.3, -0.25) is 0 Å². The zero-order chi connectivity index (χ0) is 9.97. The second-order valence-electron chi connectivity index (χ2n) is 3.61. The lowest BCUT2D eigenvalue weighted by Gasteiger charge is -2.18. The van der Waals surface area contributed by atoms with Crippen molar-refractivity contribution in [3.63, 3.8) is 0 Å². The van der Waals surface area contributed by atoms with Gasteiger partial charge in [-0.1, -0.05) is 18.2 Å². The third-order valence-electron chi connectivity index (χ3n) is 2.11. The molecule has 14 heavy (non-hydrogen) atoms. The molecule has 74 valence electrons. The summed E-state index contributed by atoms with van der Waals surface area (Å²) in [6, 6.07) is 6.05. The van der Waals surface area contributed by atoms with Gasteiger partial charge in [-0.2, -0.15) is 0 Å². The first-order valence-electron chi connectivity index (χ1n) is 4.78. The Kier molecular flexibility index (Phi) is 2.44. The van der Waals surface area contributed by atoms with E-state index in [1.54, 1.807) is 0 Å². The fourth-order valence-corrected chi connectivity index (χ4v) is 1.55. The van der Waals surface area contributed by atoms with Crippen molar-refractivity contribution >= 4 is 0 Å². The molecule has 0 radical (unpaired) electrons. The minimum Gasteiger partial charge on any atom is -0.486 e. The van der Waals surface area contributed by atoms with E-state index in [1.807, 2.05) is 19.1 Å². The smallest absolute Gasteiger partial charge is 0.161 e. The molecule has 0 spiro atoms. The molecule has 0 unspecified atom stereocenters. The van der Waals surface area contributed by atoms with Gasteiger partial charge in [0.05, 0.1) is 0 Å². The van der Waals surface area contributed by atoms with Crippen LogP contribution in [-0.4, -0.2) is 13.2 Å². The van der Waals surface area contributed by atoms with Gasteiger partial charge in [-0.25, -0.2) is 0 Å². The first-order valence-corrected chi connectivity index (χ1v) is 4.78. The van der Waals surface area contributed by atoms with Crippen LogP contribution in [0.5, 0.6) is 11.5 Å². The molecular weight excluding hydrogens is 176 g/mol. The van der Waals surface area contributed by atoms with E-state index < -0.39 is 0 Å². The maximum absolute atomic E-state index is 5.49. The molecule has 1 aliphatic heterocycles. The van der Waals surface area contributed by atoms with Crippen molar-refractivity contribution in [3.05, 3.63) is 35.9 Å². The van der Waals surface area contributed by atoms with Crippen molar-refractivity contribution in [1.29, 1.82) is 0 Å². The predicted molar refractivity (Wildman–Crippen MR) is 56.0 cm³/mol. The Morgan fingerprint density at radius 1 is 1.29 bits per heavy atom. The van der Waals surface area contributed by atoms with Gasteiger partial charge in [0.2, 0.25) is 0 Å². The van der Waals surface area contributed by atoms with Gasteiger partial charge in [-0.05, 0) is 31.0 Å². The summed E-state index contributed by atoms with van der Waals surface area (Å²) in [4.78, 5) is 0.